The van der Waals surface area contributed by atoms with Crippen molar-refractivity contribution in [2.75, 3.05) is 6.61 Å². The average Bonchev–Trinajstić information content (AvgIpc) is 2.40. The average molecular weight is 312 g/mol. The maximum Gasteiger partial charge on any atom is 0.128 e. The number of hydrogen-bond donors (Lipinski definition) is 1. The molecule has 1 saturated carbocycles. The maximum absolute atomic E-state index is 6.30. The van der Waals surface area contributed by atoms with Gasteiger partial charge in [-0.1, -0.05) is 32.4 Å². The third-order valence-electron chi connectivity index (χ3n) is 4.00. The fourth-order valence-electron chi connectivity index (χ4n) is 2.62. The Bertz CT molecular complexity index is 490. The molecule has 1 aliphatic rings. The molecule has 0 spiro atoms. The van der Waals surface area contributed by atoms with E-state index in [0.29, 0.717) is 5.92 Å². The molecule has 0 bridgehead atoms. The third-order valence-corrected chi connectivity index (χ3v) is 4.33. The highest BCUT2D eigenvalue weighted by Crippen LogP contribution is 2.34. The molecule has 0 aliphatic heterocycles. The van der Waals surface area contributed by atoms with Gasteiger partial charge in [0.1, 0.15) is 18.0 Å². The first kappa shape index (κ1) is 16.6. The van der Waals surface area contributed by atoms with E-state index in [1.165, 1.54) is 0 Å². The number of ether oxygens (including phenoxy) is 2. The van der Waals surface area contributed by atoms with Gasteiger partial charge in [0.05, 0.1) is 0 Å². The van der Waals surface area contributed by atoms with Crippen molar-refractivity contribution in [2.24, 2.45) is 5.73 Å². The van der Waals surface area contributed by atoms with Gasteiger partial charge in [-0.15, -0.1) is 0 Å². The van der Waals surface area contributed by atoms with E-state index >= 15 is 0 Å². The lowest BCUT2D eigenvalue weighted by molar-refractivity contribution is -0.0982. The van der Waals surface area contributed by atoms with Crippen LogP contribution in [0.4, 0.5) is 0 Å². The van der Waals surface area contributed by atoms with Crippen LogP contribution in [0.2, 0.25) is 5.02 Å². The van der Waals surface area contributed by atoms with Gasteiger partial charge in [-0.3, -0.25) is 0 Å². The van der Waals surface area contributed by atoms with Gasteiger partial charge in [0.15, 0.2) is 0 Å². The molecule has 1 aromatic rings. The number of nitrogens with two attached hydrogens (primary N) is 1. The van der Waals surface area contributed by atoms with Gasteiger partial charge >= 0.3 is 0 Å². The van der Waals surface area contributed by atoms with E-state index in [-0.39, 0.29) is 18.2 Å². The maximum atomic E-state index is 6.30. The van der Waals surface area contributed by atoms with E-state index in [1.54, 1.807) is 0 Å². The highest BCUT2D eigenvalue weighted by molar-refractivity contribution is 6.31. The first-order valence-electron chi connectivity index (χ1n) is 7.77. The summed E-state index contributed by atoms with van der Waals surface area (Å²) in [5.74, 6) is 1.27. The van der Waals surface area contributed by atoms with Crippen molar-refractivity contribution >= 4 is 11.6 Å². The predicted molar refractivity (Wildman–Crippen MR) is 87.3 cm³/mol. The SMILES string of the molecule is CCCOC1C(N)CC1Oc1cc(C(C)C)c(Cl)cc1C. The second kappa shape index (κ2) is 6.99. The highest BCUT2D eigenvalue weighted by Gasteiger charge is 2.41. The Morgan fingerprint density at radius 1 is 1.38 bits per heavy atom. The number of halogens is 1. The van der Waals surface area contributed by atoms with Crippen LogP contribution < -0.4 is 10.5 Å². The Labute approximate surface area is 132 Å². The molecule has 1 fully saturated rings. The van der Waals surface area contributed by atoms with Crippen LogP contribution in [0.3, 0.4) is 0 Å². The number of hydrogen-bond acceptors (Lipinski definition) is 3. The lowest BCUT2D eigenvalue weighted by Crippen LogP contribution is -2.59. The molecule has 21 heavy (non-hydrogen) atoms. The van der Waals surface area contributed by atoms with Crippen molar-refractivity contribution in [2.45, 2.75) is 64.7 Å². The minimum absolute atomic E-state index is 0.00234. The Morgan fingerprint density at radius 2 is 2.10 bits per heavy atom. The summed E-state index contributed by atoms with van der Waals surface area (Å²) in [6, 6.07) is 4.12. The summed E-state index contributed by atoms with van der Waals surface area (Å²) in [6.07, 6.45) is 1.88. The standard InChI is InChI=1S/C17H26ClNO2/c1-5-6-20-17-14(19)9-16(17)21-15-8-12(10(2)3)13(18)7-11(15)4/h7-8,10,14,16-17H,5-6,9,19H2,1-4H3. The Hall–Kier alpha value is -0.770. The molecule has 2 N–H and O–H groups in total. The van der Waals surface area contributed by atoms with Gasteiger partial charge in [-0.05, 0) is 42.5 Å². The summed E-state index contributed by atoms with van der Waals surface area (Å²) in [5, 5.41) is 0.805. The minimum atomic E-state index is 0.00234. The summed E-state index contributed by atoms with van der Waals surface area (Å²) < 4.78 is 11.9. The zero-order chi connectivity index (χ0) is 15.6. The Balaban J connectivity index is 2.10. The number of benzene rings is 1. The van der Waals surface area contributed by atoms with Crippen molar-refractivity contribution in [1.29, 1.82) is 0 Å². The van der Waals surface area contributed by atoms with Crippen LogP contribution in [0.5, 0.6) is 5.75 Å². The molecule has 2 rings (SSSR count). The van der Waals surface area contributed by atoms with Gasteiger partial charge in [0.2, 0.25) is 0 Å². The quantitative estimate of drug-likeness (QED) is 0.862. The molecule has 3 atom stereocenters. The summed E-state index contributed by atoms with van der Waals surface area (Å²) in [4.78, 5) is 0. The molecule has 0 amide bonds. The molecule has 3 unspecified atom stereocenters. The Kier molecular flexibility index (Phi) is 5.53. The predicted octanol–water partition coefficient (Wildman–Crippen LogP) is 4.05. The fraction of sp³-hybridized carbons (Fsp3) is 0.647. The molecular weight excluding hydrogens is 286 g/mol. The molecule has 1 aliphatic carbocycles. The largest absolute Gasteiger partial charge is 0.487 e. The molecule has 4 heteroatoms. The van der Waals surface area contributed by atoms with Crippen LogP contribution >= 0.6 is 11.6 Å². The smallest absolute Gasteiger partial charge is 0.128 e. The lowest BCUT2D eigenvalue weighted by atomic mass is 9.86. The molecule has 3 nitrogen and oxygen atoms in total. The van der Waals surface area contributed by atoms with Gasteiger partial charge in [-0.25, -0.2) is 0 Å². The van der Waals surface area contributed by atoms with Gasteiger partial charge in [0.25, 0.3) is 0 Å². The van der Waals surface area contributed by atoms with Crippen LogP contribution in [-0.2, 0) is 4.74 Å². The first-order valence-corrected chi connectivity index (χ1v) is 8.15. The van der Waals surface area contributed by atoms with Crippen molar-refractivity contribution in [3.05, 3.63) is 28.3 Å². The van der Waals surface area contributed by atoms with Gasteiger partial charge in [0, 0.05) is 24.1 Å². The van der Waals surface area contributed by atoms with Crippen molar-refractivity contribution in [3.63, 3.8) is 0 Å². The van der Waals surface area contributed by atoms with E-state index in [9.17, 15) is 0 Å². The molecule has 1 aromatic carbocycles. The Morgan fingerprint density at radius 3 is 2.67 bits per heavy atom. The van der Waals surface area contributed by atoms with Crippen molar-refractivity contribution < 1.29 is 9.47 Å². The monoisotopic (exact) mass is 311 g/mol. The van der Waals surface area contributed by atoms with Crippen LogP contribution in [-0.4, -0.2) is 24.9 Å². The minimum Gasteiger partial charge on any atom is -0.487 e. The van der Waals surface area contributed by atoms with E-state index < -0.39 is 0 Å². The van der Waals surface area contributed by atoms with Crippen LogP contribution in [0.1, 0.15) is 50.7 Å². The number of rotatable bonds is 6. The zero-order valence-corrected chi connectivity index (χ0v) is 14.1. The van der Waals surface area contributed by atoms with Crippen molar-refractivity contribution in [1.82, 2.24) is 0 Å². The second-order valence-corrected chi connectivity index (χ2v) is 6.59. The highest BCUT2D eigenvalue weighted by atomic mass is 35.5. The molecular formula is C17H26ClNO2. The van der Waals surface area contributed by atoms with Crippen molar-refractivity contribution in [3.8, 4) is 5.75 Å². The summed E-state index contributed by atoms with van der Waals surface area (Å²) >= 11 is 6.30. The fourth-order valence-corrected chi connectivity index (χ4v) is 3.05. The molecule has 0 saturated heterocycles. The summed E-state index contributed by atoms with van der Waals surface area (Å²) in [5.41, 5.74) is 8.19. The molecule has 0 heterocycles. The second-order valence-electron chi connectivity index (χ2n) is 6.19. The molecule has 0 radical (unpaired) electrons. The van der Waals surface area contributed by atoms with E-state index in [1.807, 2.05) is 13.0 Å². The summed E-state index contributed by atoms with van der Waals surface area (Å²) in [7, 11) is 0. The topological polar surface area (TPSA) is 44.5 Å². The van der Waals surface area contributed by atoms with Gasteiger partial charge < -0.3 is 15.2 Å². The normalized spacial score (nSPS) is 25.0. The molecule has 0 aromatic heterocycles. The third kappa shape index (κ3) is 3.71. The number of aryl methyl sites for hydroxylation is 1. The molecule has 118 valence electrons. The van der Waals surface area contributed by atoms with Gasteiger partial charge in [-0.2, -0.15) is 0 Å². The first-order chi connectivity index (χ1) is 9.93. The van der Waals surface area contributed by atoms with E-state index in [2.05, 4.69) is 26.8 Å². The zero-order valence-electron chi connectivity index (χ0n) is 13.4. The van der Waals surface area contributed by atoms with Crippen LogP contribution in [0.25, 0.3) is 0 Å². The van der Waals surface area contributed by atoms with E-state index in [4.69, 9.17) is 26.8 Å². The van der Waals surface area contributed by atoms with E-state index in [0.717, 1.165) is 41.3 Å². The van der Waals surface area contributed by atoms with Crippen LogP contribution in [0, 0.1) is 6.92 Å². The lowest BCUT2D eigenvalue weighted by Gasteiger charge is -2.42. The summed E-state index contributed by atoms with van der Waals surface area (Å²) in [6.45, 7) is 9.11. The van der Waals surface area contributed by atoms with Crippen LogP contribution in [0.15, 0.2) is 12.1 Å².